The molecule has 2 amide bonds. The van der Waals surface area contributed by atoms with Gasteiger partial charge in [-0.2, -0.15) is 0 Å². The zero-order valence-corrected chi connectivity index (χ0v) is 22.7. The first-order valence-corrected chi connectivity index (χ1v) is 13.6. The van der Waals surface area contributed by atoms with Crippen molar-refractivity contribution in [3.63, 3.8) is 0 Å². The van der Waals surface area contributed by atoms with E-state index in [1.807, 2.05) is 20.9 Å². The minimum Gasteiger partial charge on any atom is -0.331 e. The second-order valence-electron chi connectivity index (χ2n) is 10.6. The number of benzene rings is 1. The van der Waals surface area contributed by atoms with E-state index < -0.39 is 6.04 Å². The summed E-state index contributed by atoms with van der Waals surface area (Å²) < 4.78 is 0. The van der Waals surface area contributed by atoms with Crippen LogP contribution in [-0.4, -0.2) is 60.1 Å². The van der Waals surface area contributed by atoms with Crippen molar-refractivity contribution in [1.82, 2.24) is 15.1 Å². The highest BCUT2D eigenvalue weighted by Gasteiger charge is 2.42. The summed E-state index contributed by atoms with van der Waals surface area (Å²) >= 11 is 0. The number of amides is 2. The second kappa shape index (κ2) is 13.5. The molecule has 0 bridgehead atoms. The maximum absolute atomic E-state index is 13.0. The fraction of sp³-hybridized carbons (Fsp3) is 0.516. The lowest BCUT2D eigenvalue weighted by Gasteiger charge is -2.34. The molecule has 6 nitrogen and oxygen atoms in total. The minimum absolute atomic E-state index is 0.0467. The van der Waals surface area contributed by atoms with Gasteiger partial charge in [0.25, 0.3) is 5.91 Å². The lowest BCUT2D eigenvalue weighted by Crippen LogP contribution is -2.53. The van der Waals surface area contributed by atoms with Gasteiger partial charge in [-0.15, -0.1) is 0 Å². The van der Waals surface area contributed by atoms with Crippen molar-refractivity contribution >= 4 is 18.1 Å². The molecule has 2 aliphatic heterocycles. The molecular formula is C31H43N3O3. The maximum atomic E-state index is 13.0. The molecule has 200 valence electrons. The van der Waals surface area contributed by atoms with Gasteiger partial charge in [0.15, 0.2) is 0 Å². The molecule has 1 saturated carbocycles. The van der Waals surface area contributed by atoms with Gasteiger partial charge in [-0.05, 0) is 61.3 Å². The number of hydrogen-bond acceptors (Lipinski definition) is 4. The summed E-state index contributed by atoms with van der Waals surface area (Å²) in [6.07, 6.45) is 11.1. The molecule has 2 heterocycles. The Morgan fingerprint density at radius 1 is 1.08 bits per heavy atom. The summed E-state index contributed by atoms with van der Waals surface area (Å²) in [5.41, 5.74) is 4.22. The van der Waals surface area contributed by atoms with Crippen molar-refractivity contribution in [2.75, 3.05) is 20.1 Å². The Bertz CT molecular complexity index is 1010. The topological polar surface area (TPSA) is 69.7 Å². The molecule has 1 N–H and O–H groups in total. The van der Waals surface area contributed by atoms with Crippen molar-refractivity contribution in [2.24, 2.45) is 5.92 Å². The highest BCUT2D eigenvalue weighted by molar-refractivity contribution is 6.03. The molecule has 0 spiro atoms. The van der Waals surface area contributed by atoms with E-state index >= 15 is 0 Å². The molecule has 0 radical (unpaired) electrons. The molecule has 6 heteroatoms. The molecule has 37 heavy (non-hydrogen) atoms. The first-order chi connectivity index (χ1) is 17.9. The monoisotopic (exact) mass is 505 g/mol. The number of aldehydes is 1. The number of rotatable bonds is 9. The number of carbonyl (C=O) groups is 3. The van der Waals surface area contributed by atoms with Crippen LogP contribution in [0.1, 0.15) is 69.4 Å². The van der Waals surface area contributed by atoms with Crippen molar-refractivity contribution in [3.8, 4) is 0 Å². The average molecular weight is 506 g/mol. The highest BCUT2D eigenvalue weighted by Crippen LogP contribution is 2.34. The van der Waals surface area contributed by atoms with Crippen LogP contribution in [0.2, 0.25) is 0 Å². The lowest BCUT2D eigenvalue weighted by atomic mass is 9.97. The van der Waals surface area contributed by atoms with Gasteiger partial charge in [0.05, 0.1) is 6.04 Å². The fourth-order valence-corrected chi connectivity index (χ4v) is 5.78. The fourth-order valence-electron chi connectivity index (χ4n) is 5.78. The molecule has 1 aromatic rings. The second-order valence-corrected chi connectivity index (χ2v) is 10.6. The third kappa shape index (κ3) is 6.67. The Morgan fingerprint density at radius 2 is 1.76 bits per heavy atom. The Morgan fingerprint density at radius 3 is 2.27 bits per heavy atom. The Balaban J connectivity index is 0.000000231. The number of nitrogens with one attached hydrogen (secondary N) is 1. The summed E-state index contributed by atoms with van der Waals surface area (Å²) in [4.78, 5) is 40.0. The van der Waals surface area contributed by atoms with Crippen LogP contribution in [0, 0.1) is 5.92 Å². The van der Waals surface area contributed by atoms with Gasteiger partial charge < -0.3 is 19.9 Å². The molecule has 2 fully saturated rings. The van der Waals surface area contributed by atoms with Crippen LogP contribution in [-0.2, 0) is 20.9 Å². The SMILES string of the molecule is C=CC1=C(C=C)C(=O)N(C(C(=O)N2CCCC2C=O)C(C)C)C1.CNCc1ccc(C2CCCC2)cc1. The molecule has 4 rings (SSSR count). The Labute approximate surface area is 222 Å². The van der Waals surface area contributed by atoms with Gasteiger partial charge >= 0.3 is 0 Å². The largest absolute Gasteiger partial charge is 0.331 e. The maximum Gasteiger partial charge on any atom is 0.255 e. The van der Waals surface area contributed by atoms with Gasteiger partial charge in [-0.1, -0.05) is 76.3 Å². The van der Waals surface area contributed by atoms with E-state index in [0.717, 1.165) is 30.7 Å². The third-order valence-electron chi connectivity index (χ3n) is 7.78. The van der Waals surface area contributed by atoms with Crippen LogP contribution in [0.5, 0.6) is 0 Å². The van der Waals surface area contributed by atoms with E-state index in [9.17, 15) is 14.4 Å². The first-order valence-electron chi connectivity index (χ1n) is 13.6. The van der Waals surface area contributed by atoms with Crippen molar-refractivity contribution in [3.05, 3.63) is 71.8 Å². The van der Waals surface area contributed by atoms with Crippen LogP contribution >= 0.6 is 0 Å². The van der Waals surface area contributed by atoms with E-state index in [4.69, 9.17) is 0 Å². The predicted octanol–water partition coefficient (Wildman–Crippen LogP) is 4.78. The summed E-state index contributed by atoms with van der Waals surface area (Å²) in [5, 5.41) is 3.17. The van der Waals surface area contributed by atoms with Crippen LogP contribution in [0.4, 0.5) is 0 Å². The average Bonchev–Trinajstić information content (AvgIpc) is 3.66. The van der Waals surface area contributed by atoms with Crippen molar-refractivity contribution in [2.45, 2.75) is 76.9 Å². The minimum atomic E-state index is -0.574. The highest BCUT2D eigenvalue weighted by atomic mass is 16.2. The molecule has 1 saturated heterocycles. The number of hydrogen-bond donors (Lipinski definition) is 1. The quantitative estimate of drug-likeness (QED) is 0.491. The first kappa shape index (κ1) is 28.6. The third-order valence-corrected chi connectivity index (χ3v) is 7.78. The van der Waals surface area contributed by atoms with Crippen molar-refractivity contribution < 1.29 is 14.4 Å². The normalized spacial score (nSPS) is 20.8. The predicted molar refractivity (Wildman–Crippen MR) is 149 cm³/mol. The molecule has 3 aliphatic rings. The number of carbonyl (C=O) groups excluding carboxylic acids is 3. The Kier molecular flexibility index (Phi) is 10.4. The summed E-state index contributed by atoms with van der Waals surface area (Å²) in [6.45, 7) is 13.2. The molecule has 1 aromatic carbocycles. The summed E-state index contributed by atoms with van der Waals surface area (Å²) in [5.74, 6) is 0.466. The van der Waals surface area contributed by atoms with Gasteiger partial charge in [0, 0.05) is 25.2 Å². The molecular weight excluding hydrogens is 462 g/mol. The van der Waals surface area contributed by atoms with Gasteiger partial charge in [-0.25, -0.2) is 0 Å². The van der Waals surface area contributed by atoms with E-state index in [2.05, 4.69) is 42.7 Å². The van der Waals surface area contributed by atoms with Crippen LogP contribution in [0.3, 0.4) is 0 Å². The van der Waals surface area contributed by atoms with E-state index in [1.165, 1.54) is 37.3 Å². The van der Waals surface area contributed by atoms with E-state index in [-0.39, 0.29) is 23.8 Å². The van der Waals surface area contributed by atoms with Gasteiger partial charge in [0.2, 0.25) is 5.91 Å². The smallest absolute Gasteiger partial charge is 0.255 e. The van der Waals surface area contributed by atoms with Crippen LogP contribution in [0.15, 0.2) is 60.7 Å². The summed E-state index contributed by atoms with van der Waals surface area (Å²) in [6, 6.07) is 8.18. The van der Waals surface area contributed by atoms with E-state index in [1.54, 1.807) is 21.4 Å². The number of likely N-dealkylation sites (tertiary alicyclic amines) is 1. The zero-order valence-electron chi connectivity index (χ0n) is 22.7. The van der Waals surface area contributed by atoms with Crippen molar-refractivity contribution in [1.29, 1.82) is 0 Å². The zero-order chi connectivity index (χ0) is 26.9. The molecule has 1 aliphatic carbocycles. The van der Waals surface area contributed by atoms with E-state index in [0.29, 0.717) is 25.1 Å². The molecule has 2 atom stereocenters. The Hall–Kier alpha value is -2.99. The number of nitrogens with zero attached hydrogens (tertiary/aromatic N) is 2. The molecule has 0 aromatic heterocycles. The van der Waals surface area contributed by atoms with Crippen LogP contribution in [0.25, 0.3) is 0 Å². The molecule has 2 unspecified atom stereocenters. The van der Waals surface area contributed by atoms with Crippen LogP contribution < -0.4 is 5.32 Å². The van der Waals surface area contributed by atoms with Gasteiger partial charge in [0.1, 0.15) is 12.3 Å². The summed E-state index contributed by atoms with van der Waals surface area (Å²) in [7, 11) is 1.99. The lowest BCUT2D eigenvalue weighted by molar-refractivity contribution is -0.146. The van der Waals surface area contributed by atoms with Gasteiger partial charge in [-0.3, -0.25) is 9.59 Å². The standard InChI is InChI=1S/C18H24N2O3.C13H19N/c1-5-13-10-20(17(22)15(13)6-2)16(12(3)4)18(23)19-9-7-8-14(19)11-21;1-14-10-11-6-8-13(9-7-11)12-4-2-3-5-12/h5-6,11-12,14,16H,1-2,7-10H2,3-4H3;6-9,12,14H,2-5,10H2,1H3.